The second-order valence-electron chi connectivity index (χ2n) is 24.2. The van der Waals surface area contributed by atoms with Gasteiger partial charge in [0, 0.05) is 36.0 Å². The number of rotatable bonds is 17. The van der Waals surface area contributed by atoms with Crippen molar-refractivity contribution >= 4 is 17.6 Å². The molecule has 0 spiro atoms. The fraction of sp³-hybridized carbons (Fsp3) is 0.587. The highest BCUT2D eigenvalue weighted by Gasteiger charge is 2.59. The molecule has 0 aromatic heterocycles. The van der Waals surface area contributed by atoms with Gasteiger partial charge in [0.25, 0.3) is 5.69 Å². The summed E-state index contributed by atoms with van der Waals surface area (Å²) in [5.74, 6) is 3.50. The summed E-state index contributed by atoms with van der Waals surface area (Å²) in [4.78, 5) is 40.2. The Morgan fingerprint density at radius 2 is 1.49 bits per heavy atom. The van der Waals surface area contributed by atoms with Crippen LogP contribution in [0.4, 0.5) is 5.69 Å². The number of dihydropyridines is 1. The Bertz CT molecular complexity index is 2460. The van der Waals surface area contributed by atoms with E-state index in [0.29, 0.717) is 34.3 Å². The Hall–Kier alpha value is -5.06. The zero-order valence-electron chi connectivity index (χ0n) is 46.0. The molecule has 10 nitrogen and oxygen atoms in total. The van der Waals surface area contributed by atoms with Crippen LogP contribution in [0.3, 0.4) is 0 Å². The summed E-state index contributed by atoms with van der Waals surface area (Å²) >= 11 is 0. The van der Waals surface area contributed by atoms with E-state index in [-0.39, 0.29) is 28.9 Å². The largest absolute Gasteiger partial charge is 0.466 e. The number of benzene rings is 3. The van der Waals surface area contributed by atoms with E-state index < -0.39 is 28.4 Å². The lowest BCUT2D eigenvalue weighted by Gasteiger charge is -2.58. The van der Waals surface area contributed by atoms with Crippen molar-refractivity contribution in [1.82, 2.24) is 10.2 Å². The number of hydrogen-bond acceptors (Lipinski definition) is 9. The van der Waals surface area contributed by atoms with Crippen LogP contribution in [0.2, 0.25) is 0 Å². The van der Waals surface area contributed by atoms with Crippen molar-refractivity contribution in [3.8, 4) is 0 Å². The van der Waals surface area contributed by atoms with Crippen LogP contribution in [0.15, 0.2) is 119 Å². The fourth-order valence-corrected chi connectivity index (χ4v) is 14.8. The molecule has 0 radical (unpaired) electrons. The van der Waals surface area contributed by atoms with Crippen LogP contribution in [0.25, 0.3) is 0 Å². The molecule has 396 valence electrons. The molecule has 3 fully saturated rings. The van der Waals surface area contributed by atoms with Gasteiger partial charge < -0.3 is 24.8 Å². The summed E-state index contributed by atoms with van der Waals surface area (Å²) in [6.07, 6.45) is 18.0. The highest BCUT2D eigenvalue weighted by Crippen LogP contribution is 2.67. The number of nitrogens with one attached hydrogen (secondary N) is 1. The third-order valence-electron chi connectivity index (χ3n) is 18.3. The number of carbonyl (C=O) groups excluding carboxylic acids is 2. The Kier molecular flexibility index (Phi) is 18.0. The number of aliphatic hydroxyl groups is 1. The van der Waals surface area contributed by atoms with Gasteiger partial charge in [-0.15, -0.1) is 0 Å². The van der Waals surface area contributed by atoms with Crippen LogP contribution in [0.5, 0.6) is 0 Å². The molecule has 1 aliphatic heterocycles. The van der Waals surface area contributed by atoms with Gasteiger partial charge in [0.05, 0.1) is 35.2 Å². The first kappa shape index (κ1) is 55.7. The van der Waals surface area contributed by atoms with Gasteiger partial charge in [-0.25, -0.2) is 9.59 Å². The van der Waals surface area contributed by atoms with Gasteiger partial charge in [-0.2, -0.15) is 0 Å². The predicted octanol–water partition coefficient (Wildman–Crippen LogP) is 13.9. The Morgan fingerprint density at radius 1 is 0.849 bits per heavy atom. The summed E-state index contributed by atoms with van der Waals surface area (Å²) < 4.78 is 11.2. The van der Waals surface area contributed by atoms with E-state index in [1.165, 1.54) is 94.2 Å². The molecule has 1 unspecified atom stereocenters. The van der Waals surface area contributed by atoms with Gasteiger partial charge in [0.1, 0.15) is 5.60 Å². The predicted molar refractivity (Wildman–Crippen MR) is 292 cm³/mol. The SMILES string of the molecule is CC(C)CCC[C@@H](C)[C@H]1CC[C@H]2[C@@H]3CC=C4C[C@@H](O)CC[C@]4(C)[C@H]3CC[C@]12C.COC(=O)C1=C(C)NC(C)=C(C(=O)OC(C)(C)CN(C)CCC(c2ccccc2)c2ccccc2)C1c1cccc([N+](=O)[O-])c1. The Labute approximate surface area is 437 Å². The minimum atomic E-state index is -0.919. The maximum Gasteiger partial charge on any atom is 0.337 e. The van der Waals surface area contributed by atoms with Crippen LogP contribution >= 0.6 is 0 Å². The lowest BCUT2D eigenvalue weighted by molar-refractivity contribution is -0.384. The Morgan fingerprint density at radius 3 is 2.11 bits per heavy atom. The second kappa shape index (κ2) is 23.6. The Balaban J connectivity index is 0.000000237. The third kappa shape index (κ3) is 12.6. The fourth-order valence-electron chi connectivity index (χ4n) is 14.8. The van der Waals surface area contributed by atoms with E-state index in [1.54, 1.807) is 25.5 Å². The van der Waals surface area contributed by atoms with Crippen molar-refractivity contribution in [3.05, 3.63) is 146 Å². The normalized spacial score (nSPS) is 27.2. The molecule has 5 aliphatic rings. The van der Waals surface area contributed by atoms with Crippen molar-refractivity contribution in [2.24, 2.45) is 46.3 Å². The third-order valence-corrected chi connectivity index (χ3v) is 18.3. The maximum atomic E-state index is 14.0. The molecule has 0 amide bonds. The molecule has 4 aliphatic carbocycles. The van der Waals surface area contributed by atoms with Crippen molar-refractivity contribution in [3.63, 3.8) is 0 Å². The standard InChI is InChI=1S/C36H41N3O6.C27H46O/c1-24-31(34(40)44-6)33(28-18-13-19-29(22-28)39(42)43)32(25(2)37-24)35(41)45-36(3,4)23-38(5)21-20-30(26-14-9-7-10-15-26)27-16-11-8-12-17-27;1-18(2)7-6-8-19(3)23-11-12-24-22-10-9-20-17-21(28)13-15-26(20,4)25(22)14-16-27(23,24)5/h7-19,22,30,33,37H,20-21,23H2,1-6H3;9,18-19,21-25,28H,6-8,10-17H2,1-5H3/t;19-,21+,22+,23-,24+,25+,26+,27-/m.1/s1. The maximum absolute atomic E-state index is 14.0. The van der Waals surface area contributed by atoms with Crippen LogP contribution in [0.1, 0.15) is 168 Å². The van der Waals surface area contributed by atoms with Crippen LogP contribution in [-0.4, -0.2) is 65.8 Å². The number of hydrogen-bond donors (Lipinski definition) is 2. The lowest BCUT2D eigenvalue weighted by atomic mass is 9.47. The van der Waals surface area contributed by atoms with E-state index in [2.05, 4.69) is 99.4 Å². The molecular formula is C63H87N3O7. The molecule has 8 rings (SSSR count). The smallest absolute Gasteiger partial charge is 0.337 e. The molecule has 0 bridgehead atoms. The summed E-state index contributed by atoms with van der Waals surface area (Å²) in [7, 11) is 3.26. The number of nitrogens with zero attached hydrogens (tertiary/aromatic N) is 2. The lowest BCUT2D eigenvalue weighted by Crippen LogP contribution is -2.50. The number of non-ortho nitro benzene ring substituents is 1. The van der Waals surface area contributed by atoms with Crippen molar-refractivity contribution in [2.45, 2.75) is 163 Å². The monoisotopic (exact) mass is 998 g/mol. The first-order valence-electron chi connectivity index (χ1n) is 27.6. The highest BCUT2D eigenvalue weighted by molar-refractivity contribution is 6.00. The summed E-state index contributed by atoms with van der Waals surface area (Å²) in [5, 5.41) is 24.9. The van der Waals surface area contributed by atoms with E-state index in [4.69, 9.17) is 9.47 Å². The average molecular weight is 998 g/mol. The molecule has 0 saturated heterocycles. The van der Waals surface area contributed by atoms with Gasteiger partial charge in [-0.05, 0) is 162 Å². The summed E-state index contributed by atoms with van der Waals surface area (Å²) in [6, 6.07) is 26.8. The van der Waals surface area contributed by atoms with Crippen molar-refractivity contribution in [1.29, 1.82) is 0 Å². The molecule has 2 N–H and O–H groups in total. The average Bonchev–Trinajstić information content (AvgIpc) is 3.71. The number of likely N-dealkylation sites (N-methyl/N-ethyl adjacent to an activating group) is 1. The number of carbonyl (C=O) groups is 2. The van der Waals surface area contributed by atoms with Crippen LogP contribution in [0, 0.1) is 56.5 Å². The zero-order chi connectivity index (χ0) is 52.8. The van der Waals surface area contributed by atoms with E-state index in [0.717, 1.165) is 61.3 Å². The molecule has 3 saturated carbocycles. The topological polar surface area (TPSA) is 131 Å². The number of allylic oxidation sites excluding steroid dienone is 3. The summed E-state index contributed by atoms with van der Waals surface area (Å²) in [5.41, 5.74) is 5.85. The second-order valence-corrected chi connectivity index (χ2v) is 24.2. The van der Waals surface area contributed by atoms with Gasteiger partial charge >= 0.3 is 11.9 Å². The van der Waals surface area contributed by atoms with Gasteiger partial charge in [0.15, 0.2) is 0 Å². The van der Waals surface area contributed by atoms with Gasteiger partial charge in [-0.3, -0.25) is 10.1 Å². The highest BCUT2D eigenvalue weighted by atomic mass is 16.6. The number of ether oxygens (including phenoxy) is 2. The minimum absolute atomic E-state index is 0.0766. The first-order valence-corrected chi connectivity index (χ1v) is 27.6. The number of fused-ring (bicyclic) bond motifs is 5. The molecule has 9 atom stereocenters. The number of methoxy groups -OCH3 is 1. The van der Waals surface area contributed by atoms with Gasteiger partial charge in [-0.1, -0.05) is 138 Å². The van der Waals surface area contributed by atoms with E-state index >= 15 is 0 Å². The molecule has 1 heterocycles. The van der Waals surface area contributed by atoms with E-state index in [1.807, 2.05) is 33.0 Å². The van der Waals surface area contributed by atoms with Crippen LogP contribution < -0.4 is 5.32 Å². The minimum Gasteiger partial charge on any atom is -0.466 e. The first-order chi connectivity index (χ1) is 34.7. The number of nitro groups is 1. The van der Waals surface area contributed by atoms with E-state index in [9.17, 15) is 24.8 Å². The quantitative estimate of drug-likeness (QED) is 0.0587. The molecule has 10 heteroatoms. The molecule has 3 aromatic carbocycles. The van der Waals surface area contributed by atoms with Crippen molar-refractivity contribution < 1.29 is 29.1 Å². The number of nitro benzene ring substituents is 1. The number of esters is 2. The molecular weight excluding hydrogens is 911 g/mol. The van der Waals surface area contributed by atoms with Crippen LogP contribution in [-0.2, 0) is 19.1 Å². The van der Waals surface area contributed by atoms with Gasteiger partial charge in [0.2, 0.25) is 0 Å². The zero-order valence-corrected chi connectivity index (χ0v) is 46.0. The molecule has 73 heavy (non-hydrogen) atoms. The molecule has 3 aromatic rings. The summed E-state index contributed by atoms with van der Waals surface area (Å²) in [6.45, 7) is 20.9. The van der Waals surface area contributed by atoms with Crippen molar-refractivity contribution in [2.75, 3.05) is 27.2 Å². The number of aliphatic hydroxyl groups excluding tert-OH is 1.